The predicted molar refractivity (Wildman–Crippen MR) is 78.2 cm³/mol. The van der Waals surface area contributed by atoms with Crippen molar-refractivity contribution < 1.29 is 9.18 Å². The molecular weight excluding hydrogens is 273 g/mol. The maximum Gasteiger partial charge on any atom is 0.253 e. The molecule has 2 aromatic rings. The molecule has 21 heavy (non-hydrogen) atoms. The summed E-state index contributed by atoms with van der Waals surface area (Å²) in [6.45, 7) is 2.44. The van der Waals surface area contributed by atoms with Crippen LogP contribution in [-0.4, -0.2) is 22.6 Å². The van der Waals surface area contributed by atoms with Crippen molar-refractivity contribution in [3.8, 4) is 0 Å². The van der Waals surface area contributed by atoms with E-state index in [1.165, 1.54) is 18.2 Å². The third kappa shape index (κ3) is 3.57. The number of halogens is 1. The van der Waals surface area contributed by atoms with Crippen molar-refractivity contribution in [2.24, 2.45) is 5.84 Å². The van der Waals surface area contributed by atoms with Crippen LogP contribution in [0.25, 0.3) is 0 Å². The van der Waals surface area contributed by atoms with Gasteiger partial charge in [0.1, 0.15) is 5.82 Å². The number of hydrogen-bond donors (Lipinski definition) is 4. The fourth-order valence-corrected chi connectivity index (χ4v) is 2.06. The van der Waals surface area contributed by atoms with Gasteiger partial charge in [-0.3, -0.25) is 15.7 Å². The maximum absolute atomic E-state index is 13.5. The number of aryl methyl sites for hydroxylation is 2. The van der Waals surface area contributed by atoms with E-state index in [1.54, 1.807) is 6.20 Å². The minimum absolute atomic E-state index is 0.000629. The summed E-state index contributed by atoms with van der Waals surface area (Å²) in [5, 5.41) is 9.55. The predicted octanol–water partition coefficient (Wildman–Crippen LogP) is 1.51. The third-order valence-corrected chi connectivity index (χ3v) is 3.25. The highest BCUT2D eigenvalue weighted by Crippen LogP contribution is 2.18. The number of hydrazine groups is 1. The molecule has 0 spiro atoms. The molecule has 6 nitrogen and oxygen atoms in total. The van der Waals surface area contributed by atoms with Gasteiger partial charge in [0.2, 0.25) is 0 Å². The van der Waals surface area contributed by atoms with Crippen LogP contribution in [0, 0.1) is 12.7 Å². The lowest BCUT2D eigenvalue weighted by Crippen LogP contribution is -2.26. The molecule has 7 heteroatoms. The number of para-hydroxylation sites is 1. The average molecular weight is 291 g/mol. The van der Waals surface area contributed by atoms with Crippen molar-refractivity contribution in [2.75, 3.05) is 12.0 Å². The fraction of sp³-hybridized carbons (Fsp3) is 0.286. The zero-order valence-corrected chi connectivity index (χ0v) is 11.7. The Morgan fingerprint density at radius 1 is 1.48 bits per heavy atom. The number of amides is 1. The van der Waals surface area contributed by atoms with Gasteiger partial charge in [0, 0.05) is 12.2 Å². The molecule has 0 atom stereocenters. The largest absolute Gasteiger partial charge is 0.352 e. The van der Waals surface area contributed by atoms with Crippen LogP contribution in [0.3, 0.4) is 0 Å². The van der Waals surface area contributed by atoms with E-state index in [-0.39, 0.29) is 17.2 Å². The molecule has 1 amide bonds. The van der Waals surface area contributed by atoms with Gasteiger partial charge in [0.05, 0.1) is 17.4 Å². The molecule has 0 unspecified atom stereocenters. The number of H-pyrrole nitrogens is 1. The number of hydrogen-bond acceptors (Lipinski definition) is 4. The Balaban J connectivity index is 1.88. The highest BCUT2D eigenvalue weighted by Gasteiger charge is 2.13. The Bertz CT molecular complexity index is 626. The number of nitrogens with one attached hydrogen (secondary N) is 3. The smallest absolute Gasteiger partial charge is 0.253 e. The number of nitrogens with zero attached hydrogens (tertiary/aromatic N) is 1. The number of anilines is 1. The Morgan fingerprint density at radius 2 is 2.29 bits per heavy atom. The SMILES string of the molecule is Cc1[nH]ncc1CCCNC(=O)c1cccc(F)c1NN. The van der Waals surface area contributed by atoms with Gasteiger partial charge in [-0.15, -0.1) is 0 Å². The van der Waals surface area contributed by atoms with Gasteiger partial charge in [0.25, 0.3) is 5.91 Å². The van der Waals surface area contributed by atoms with Crippen LogP contribution in [0.4, 0.5) is 10.1 Å². The van der Waals surface area contributed by atoms with E-state index < -0.39 is 5.82 Å². The lowest BCUT2D eigenvalue weighted by atomic mass is 10.1. The van der Waals surface area contributed by atoms with Crippen molar-refractivity contribution in [2.45, 2.75) is 19.8 Å². The highest BCUT2D eigenvalue weighted by atomic mass is 19.1. The minimum Gasteiger partial charge on any atom is -0.352 e. The van der Waals surface area contributed by atoms with Gasteiger partial charge in [-0.05, 0) is 37.5 Å². The molecule has 1 heterocycles. The number of aromatic nitrogens is 2. The number of benzene rings is 1. The lowest BCUT2D eigenvalue weighted by Gasteiger charge is -2.10. The number of nitrogen functional groups attached to an aromatic ring is 1. The minimum atomic E-state index is -0.556. The lowest BCUT2D eigenvalue weighted by molar-refractivity contribution is 0.0953. The van der Waals surface area contributed by atoms with Crippen molar-refractivity contribution in [1.29, 1.82) is 0 Å². The Hall–Kier alpha value is -2.41. The van der Waals surface area contributed by atoms with Gasteiger partial charge in [-0.1, -0.05) is 6.07 Å². The monoisotopic (exact) mass is 291 g/mol. The van der Waals surface area contributed by atoms with Gasteiger partial charge in [-0.2, -0.15) is 5.10 Å². The number of carbonyl (C=O) groups excluding carboxylic acids is 1. The third-order valence-electron chi connectivity index (χ3n) is 3.25. The van der Waals surface area contributed by atoms with E-state index in [0.717, 1.165) is 24.1 Å². The summed E-state index contributed by atoms with van der Waals surface area (Å²) >= 11 is 0. The molecule has 1 aromatic heterocycles. The molecule has 5 N–H and O–H groups in total. The zero-order chi connectivity index (χ0) is 15.2. The van der Waals surface area contributed by atoms with Crippen LogP contribution in [0.5, 0.6) is 0 Å². The van der Waals surface area contributed by atoms with Crippen LogP contribution >= 0.6 is 0 Å². The Kier molecular flexibility index (Phi) is 4.89. The van der Waals surface area contributed by atoms with Gasteiger partial charge in [0.15, 0.2) is 0 Å². The molecule has 2 rings (SSSR count). The first-order chi connectivity index (χ1) is 10.1. The zero-order valence-electron chi connectivity index (χ0n) is 11.7. The van der Waals surface area contributed by atoms with E-state index >= 15 is 0 Å². The second kappa shape index (κ2) is 6.85. The second-order valence-corrected chi connectivity index (χ2v) is 4.69. The molecule has 1 aromatic carbocycles. The highest BCUT2D eigenvalue weighted by molar-refractivity contribution is 5.99. The first kappa shape index (κ1) is 15.0. The number of aromatic amines is 1. The van der Waals surface area contributed by atoms with Crippen LogP contribution in [0.2, 0.25) is 0 Å². The number of nitrogens with two attached hydrogens (primary N) is 1. The van der Waals surface area contributed by atoms with Crippen molar-refractivity contribution in [1.82, 2.24) is 15.5 Å². The van der Waals surface area contributed by atoms with Crippen LogP contribution in [-0.2, 0) is 6.42 Å². The maximum atomic E-state index is 13.5. The molecule has 0 aliphatic rings. The molecule has 0 saturated heterocycles. The average Bonchev–Trinajstić information content (AvgIpc) is 2.88. The molecule has 0 radical (unpaired) electrons. The van der Waals surface area contributed by atoms with Crippen LogP contribution in [0.1, 0.15) is 28.0 Å². The molecule has 0 aliphatic carbocycles. The van der Waals surface area contributed by atoms with E-state index in [1.807, 2.05) is 6.92 Å². The fourth-order valence-electron chi connectivity index (χ4n) is 2.06. The molecular formula is C14H18FN5O. The summed E-state index contributed by atoms with van der Waals surface area (Å²) in [6, 6.07) is 4.24. The van der Waals surface area contributed by atoms with E-state index in [2.05, 4.69) is 20.9 Å². The summed E-state index contributed by atoms with van der Waals surface area (Å²) in [5.41, 5.74) is 4.56. The van der Waals surface area contributed by atoms with Gasteiger partial charge >= 0.3 is 0 Å². The topological polar surface area (TPSA) is 95.8 Å². The van der Waals surface area contributed by atoms with E-state index in [4.69, 9.17) is 5.84 Å². The quantitative estimate of drug-likeness (QED) is 0.368. The van der Waals surface area contributed by atoms with Gasteiger partial charge < -0.3 is 10.7 Å². The summed E-state index contributed by atoms with van der Waals surface area (Å²) < 4.78 is 13.5. The first-order valence-corrected chi connectivity index (χ1v) is 6.65. The van der Waals surface area contributed by atoms with Crippen molar-refractivity contribution >= 4 is 11.6 Å². The molecule has 0 saturated carbocycles. The number of carbonyl (C=O) groups is 1. The normalized spacial score (nSPS) is 10.4. The van der Waals surface area contributed by atoms with Crippen molar-refractivity contribution in [3.63, 3.8) is 0 Å². The summed E-state index contributed by atoms with van der Waals surface area (Å²) in [4.78, 5) is 12.0. The Labute approximate surface area is 121 Å². The van der Waals surface area contributed by atoms with E-state index in [0.29, 0.717) is 6.54 Å². The van der Waals surface area contributed by atoms with E-state index in [9.17, 15) is 9.18 Å². The van der Waals surface area contributed by atoms with Crippen LogP contribution in [0.15, 0.2) is 24.4 Å². The Morgan fingerprint density at radius 3 is 2.95 bits per heavy atom. The van der Waals surface area contributed by atoms with Crippen LogP contribution < -0.4 is 16.6 Å². The second-order valence-electron chi connectivity index (χ2n) is 4.69. The first-order valence-electron chi connectivity index (χ1n) is 6.65. The molecule has 0 aliphatic heterocycles. The standard InChI is InChI=1S/C14H18FN5O/c1-9-10(8-18-20-9)4-3-7-17-14(21)11-5-2-6-12(15)13(11)19-16/h2,5-6,8,19H,3-4,7,16H2,1H3,(H,17,21)(H,18,20). The molecule has 0 fully saturated rings. The summed E-state index contributed by atoms with van der Waals surface area (Å²) in [7, 11) is 0. The summed E-state index contributed by atoms with van der Waals surface area (Å²) in [5.74, 6) is 4.33. The number of rotatable bonds is 6. The molecule has 0 bridgehead atoms. The molecule has 112 valence electrons. The van der Waals surface area contributed by atoms with Gasteiger partial charge in [-0.25, -0.2) is 4.39 Å². The summed E-state index contributed by atoms with van der Waals surface area (Å²) in [6.07, 6.45) is 3.36. The van der Waals surface area contributed by atoms with Crippen molar-refractivity contribution in [3.05, 3.63) is 47.0 Å².